The van der Waals surface area contributed by atoms with Gasteiger partial charge in [0.2, 0.25) is 0 Å². The van der Waals surface area contributed by atoms with Gasteiger partial charge in [-0.3, -0.25) is 0 Å². The number of benzene rings is 1. The molecule has 2 rings (SSSR count). The number of halogens is 1. The van der Waals surface area contributed by atoms with Crippen molar-refractivity contribution in [3.8, 4) is 5.75 Å². The SMILES string of the molecule is O[C@@H]1COc2ccc(F)cc2C1. The van der Waals surface area contributed by atoms with Gasteiger partial charge < -0.3 is 9.84 Å². The number of hydrogen-bond donors (Lipinski definition) is 1. The molecule has 1 aliphatic heterocycles. The average molecular weight is 168 g/mol. The Kier molecular flexibility index (Phi) is 1.73. The van der Waals surface area contributed by atoms with Crippen LogP contribution in [0, 0.1) is 5.82 Å². The molecule has 0 fully saturated rings. The van der Waals surface area contributed by atoms with Crippen molar-refractivity contribution in [1.29, 1.82) is 0 Å². The smallest absolute Gasteiger partial charge is 0.123 e. The highest BCUT2D eigenvalue weighted by Gasteiger charge is 2.17. The fourth-order valence-electron chi connectivity index (χ4n) is 1.35. The van der Waals surface area contributed by atoms with Crippen LogP contribution in [0.5, 0.6) is 5.75 Å². The van der Waals surface area contributed by atoms with E-state index < -0.39 is 6.10 Å². The van der Waals surface area contributed by atoms with Crippen LogP contribution in [-0.2, 0) is 6.42 Å². The second-order valence-corrected chi connectivity index (χ2v) is 2.92. The lowest BCUT2D eigenvalue weighted by Crippen LogP contribution is -2.25. The van der Waals surface area contributed by atoms with E-state index in [9.17, 15) is 9.50 Å². The maximum absolute atomic E-state index is 12.7. The van der Waals surface area contributed by atoms with Crippen LogP contribution >= 0.6 is 0 Å². The van der Waals surface area contributed by atoms with E-state index in [1.807, 2.05) is 0 Å². The molecule has 0 amide bonds. The van der Waals surface area contributed by atoms with E-state index in [2.05, 4.69) is 0 Å². The second-order valence-electron chi connectivity index (χ2n) is 2.92. The molecule has 1 aromatic rings. The van der Waals surface area contributed by atoms with E-state index in [4.69, 9.17) is 4.74 Å². The van der Waals surface area contributed by atoms with E-state index in [1.165, 1.54) is 12.1 Å². The van der Waals surface area contributed by atoms with Crippen molar-refractivity contribution in [3.63, 3.8) is 0 Å². The van der Waals surface area contributed by atoms with Crippen molar-refractivity contribution in [2.24, 2.45) is 0 Å². The van der Waals surface area contributed by atoms with Gasteiger partial charge in [-0.15, -0.1) is 0 Å². The van der Waals surface area contributed by atoms with Gasteiger partial charge in [0.05, 0.1) is 6.10 Å². The van der Waals surface area contributed by atoms with Crippen LogP contribution in [-0.4, -0.2) is 17.8 Å². The summed E-state index contributed by atoms with van der Waals surface area (Å²) in [7, 11) is 0. The minimum atomic E-state index is -0.501. The summed E-state index contributed by atoms with van der Waals surface area (Å²) in [6.45, 7) is 0.304. The Morgan fingerprint density at radius 2 is 2.33 bits per heavy atom. The van der Waals surface area contributed by atoms with Gasteiger partial charge in [-0.25, -0.2) is 4.39 Å². The van der Waals surface area contributed by atoms with Crippen molar-refractivity contribution < 1.29 is 14.2 Å². The Labute approximate surface area is 69.6 Å². The fourth-order valence-corrected chi connectivity index (χ4v) is 1.35. The zero-order chi connectivity index (χ0) is 8.55. The lowest BCUT2D eigenvalue weighted by atomic mass is 10.0. The Morgan fingerprint density at radius 1 is 1.50 bits per heavy atom. The predicted octanol–water partition coefficient (Wildman–Crippen LogP) is 1.12. The number of fused-ring (bicyclic) bond motifs is 1. The van der Waals surface area contributed by atoms with Crippen LogP contribution in [0.1, 0.15) is 5.56 Å². The maximum Gasteiger partial charge on any atom is 0.123 e. The van der Waals surface area contributed by atoms with Gasteiger partial charge in [0.1, 0.15) is 18.2 Å². The molecule has 64 valence electrons. The first kappa shape index (κ1) is 7.55. The fraction of sp³-hybridized carbons (Fsp3) is 0.333. The van der Waals surface area contributed by atoms with Gasteiger partial charge in [0.15, 0.2) is 0 Å². The van der Waals surface area contributed by atoms with Gasteiger partial charge in [-0.2, -0.15) is 0 Å². The first-order valence-electron chi connectivity index (χ1n) is 3.85. The number of hydrogen-bond acceptors (Lipinski definition) is 2. The monoisotopic (exact) mass is 168 g/mol. The van der Waals surface area contributed by atoms with Crippen molar-refractivity contribution in [2.45, 2.75) is 12.5 Å². The molecule has 1 heterocycles. The normalized spacial score (nSPS) is 21.3. The van der Waals surface area contributed by atoms with Crippen molar-refractivity contribution >= 4 is 0 Å². The van der Waals surface area contributed by atoms with Crippen molar-refractivity contribution in [2.75, 3.05) is 6.61 Å². The van der Waals surface area contributed by atoms with E-state index in [1.54, 1.807) is 6.07 Å². The third-order valence-corrected chi connectivity index (χ3v) is 1.91. The third-order valence-electron chi connectivity index (χ3n) is 1.91. The largest absolute Gasteiger partial charge is 0.491 e. The van der Waals surface area contributed by atoms with E-state index in [-0.39, 0.29) is 5.82 Å². The molecule has 0 unspecified atom stereocenters. The number of ether oxygens (including phenoxy) is 1. The van der Waals surface area contributed by atoms with Gasteiger partial charge in [-0.1, -0.05) is 0 Å². The molecule has 0 saturated carbocycles. The van der Waals surface area contributed by atoms with Crippen LogP contribution in [0.4, 0.5) is 4.39 Å². The topological polar surface area (TPSA) is 29.5 Å². The second kappa shape index (κ2) is 2.75. The Hall–Kier alpha value is -1.09. The lowest BCUT2D eigenvalue weighted by molar-refractivity contribution is 0.0919. The maximum atomic E-state index is 12.7. The molecule has 1 atom stereocenters. The number of aliphatic hydroxyl groups excluding tert-OH is 1. The van der Waals surface area contributed by atoms with E-state index >= 15 is 0 Å². The lowest BCUT2D eigenvalue weighted by Gasteiger charge is -2.21. The molecule has 0 saturated heterocycles. The zero-order valence-corrected chi connectivity index (χ0v) is 6.46. The van der Waals surface area contributed by atoms with Crippen LogP contribution in [0.15, 0.2) is 18.2 Å². The minimum absolute atomic E-state index is 0.286. The first-order valence-corrected chi connectivity index (χ1v) is 3.85. The molecule has 12 heavy (non-hydrogen) atoms. The Morgan fingerprint density at radius 3 is 3.17 bits per heavy atom. The summed E-state index contributed by atoms with van der Waals surface area (Å²) in [6, 6.07) is 4.35. The summed E-state index contributed by atoms with van der Waals surface area (Å²) in [6.07, 6.45) is -0.0214. The highest BCUT2D eigenvalue weighted by molar-refractivity contribution is 5.35. The standard InChI is InChI=1S/C9H9FO2/c10-7-1-2-9-6(3-7)4-8(11)5-12-9/h1-3,8,11H,4-5H2/t8-/m0/s1. The molecule has 0 spiro atoms. The van der Waals surface area contributed by atoms with Crippen LogP contribution in [0.3, 0.4) is 0 Å². The zero-order valence-electron chi connectivity index (χ0n) is 6.46. The van der Waals surface area contributed by atoms with Gasteiger partial charge >= 0.3 is 0 Å². The molecule has 2 nitrogen and oxygen atoms in total. The highest BCUT2D eigenvalue weighted by Crippen LogP contribution is 2.24. The van der Waals surface area contributed by atoms with Crippen LogP contribution < -0.4 is 4.74 Å². The predicted molar refractivity (Wildman–Crippen MR) is 41.6 cm³/mol. The third kappa shape index (κ3) is 1.28. The molecule has 1 aliphatic rings. The highest BCUT2D eigenvalue weighted by atomic mass is 19.1. The van der Waals surface area contributed by atoms with E-state index in [0.717, 1.165) is 5.56 Å². The van der Waals surface area contributed by atoms with Gasteiger partial charge in [-0.05, 0) is 23.8 Å². The molecule has 0 radical (unpaired) electrons. The molecule has 1 aromatic carbocycles. The van der Waals surface area contributed by atoms with Gasteiger partial charge in [0.25, 0.3) is 0 Å². The quantitative estimate of drug-likeness (QED) is 0.629. The summed E-state index contributed by atoms with van der Waals surface area (Å²) in [4.78, 5) is 0. The average Bonchev–Trinajstić information content (AvgIpc) is 2.03. The molecule has 0 bridgehead atoms. The summed E-state index contributed by atoms with van der Waals surface area (Å²) in [5.74, 6) is 0.396. The van der Waals surface area contributed by atoms with E-state index in [0.29, 0.717) is 18.8 Å². The summed E-state index contributed by atoms with van der Waals surface area (Å²) in [5, 5.41) is 9.20. The minimum Gasteiger partial charge on any atom is -0.491 e. The Balaban J connectivity index is 2.37. The van der Waals surface area contributed by atoms with Crippen molar-refractivity contribution in [1.82, 2.24) is 0 Å². The summed E-state index contributed by atoms with van der Waals surface area (Å²) >= 11 is 0. The molecular formula is C9H9FO2. The van der Waals surface area contributed by atoms with Crippen molar-refractivity contribution in [3.05, 3.63) is 29.6 Å². The Bertz CT molecular complexity index is 299. The summed E-state index contributed by atoms with van der Waals surface area (Å²) in [5.41, 5.74) is 0.744. The number of aliphatic hydroxyl groups is 1. The van der Waals surface area contributed by atoms with Gasteiger partial charge in [0, 0.05) is 6.42 Å². The van der Waals surface area contributed by atoms with Crippen LogP contribution in [0.2, 0.25) is 0 Å². The molecule has 0 aliphatic carbocycles. The molecule has 3 heteroatoms. The molecule has 0 aromatic heterocycles. The first-order chi connectivity index (χ1) is 5.75. The number of rotatable bonds is 0. The molecular weight excluding hydrogens is 159 g/mol. The molecule has 1 N–H and O–H groups in total. The summed E-state index contributed by atoms with van der Waals surface area (Å²) < 4.78 is 17.9. The van der Waals surface area contributed by atoms with Crippen LogP contribution in [0.25, 0.3) is 0 Å².